The predicted octanol–water partition coefficient (Wildman–Crippen LogP) is 5.15. The number of nitrogens with one attached hydrogen (secondary N) is 1. The van der Waals surface area contributed by atoms with E-state index in [1.807, 2.05) is 60.7 Å². The van der Waals surface area contributed by atoms with Gasteiger partial charge in [0.05, 0.1) is 16.3 Å². The van der Waals surface area contributed by atoms with Crippen LogP contribution in [0.25, 0.3) is 0 Å². The minimum absolute atomic E-state index is 0.00615. The molecule has 7 heteroatoms. The summed E-state index contributed by atoms with van der Waals surface area (Å²) < 4.78 is 0. The molecule has 0 fully saturated rings. The molecule has 0 saturated heterocycles. The second-order valence-electron chi connectivity index (χ2n) is 5.25. The lowest BCUT2D eigenvalue weighted by molar-refractivity contribution is -0.384. The normalized spacial score (nSPS) is 11.5. The number of nitrogens with zero attached hydrogens (tertiary/aromatic N) is 4. The summed E-state index contributed by atoms with van der Waals surface area (Å²) in [7, 11) is 0. The van der Waals surface area contributed by atoms with Gasteiger partial charge in [-0.1, -0.05) is 48.5 Å². The van der Waals surface area contributed by atoms with Gasteiger partial charge in [-0.05, 0) is 24.3 Å². The van der Waals surface area contributed by atoms with Crippen molar-refractivity contribution >= 4 is 22.9 Å². The van der Waals surface area contributed by atoms with E-state index in [4.69, 9.17) is 0 Å². The second-order valence-corrected chi connectivity index (χ2v) is 5.25. The molecule has 0 bridgehead atoms. The van der Waals surface area contributed by atoms with Crippen LogP contribution >= 0.6 is 0 Å². The van der Waals surface area contributed by atoms with E-state index in [0.717, 1.165) is 11.3 Å². The van der Waals surface area contributed by atoms with Crippen molar-refractivity contribution < 1.29 is 4.92 Å². The number of para-hydroxylation sites is 1. The minimum Gasteiger partial charge on any atom is -0.276 e. The first kappa shape index (κ1) is 17.0. The number of non-ortho nitro benzene ring substituents is 1. The van der Waals surface area contributed by atoms with Gasteiger partial charge in [0.25, 0.3) is 5.69 Å². The van der Waals surface area contributed by atoms with Gasteiger partial charge >= 0.3 is 0 Å². The van der Waals surface area contributed by atoms with Gasteiger partial charge in [0.2, 0.25) is 5.84 Å². The Morgan fingerprint density at radius 2 is 1.46 bits per heavy atom. The van der Waals surface area contributed by atoms with E-state index >= 15 is 0 Å². The van der Waals surface area contributed by atoms with Crippen LogP contribution in [0.1, 0.15) is 5.56 Å². The molecule has 1 N–H and O–H groups in total. The van der Waals surface area contributed by atoms with E-state index in [0.29, 0.717) is 11.5 Å². The zero-order chi connectivity index (χ0) is 18.2. The number of amidine groups is 1. The van der Waals surface area contributed by atoms with Gasteiger partial charge in [0.1, 0.15) is 0 Å². The topological polar surface area (TPSA) is 92.2 Å². The Kier molecular flexibility index (Phi) is 5.41. The van der Waals surface area contributed by atoms with Crippen molar-refractivity contribution in [3.8, 4) is 0 Å². The quantitative estimate of drug-likeness (QED) is 0.228. The highest BCUT2D eigenvalue weighted by atomic mass is 16.6. The fourth-order valence-corrected chi connectivity index (χ4v) is 2.11. The first-order valence-electron chi connectivity index (χ1n) is 7.83. The molecular formula is C19H15N5O2. The van der Waals surface area contributed by atoms with Crippen LogP contribution in [0.4, 0.5) is 17.1 Å². The summed E-state index contributed by atoms with van der Waals surface area (Å²) in [6.45, 7) is 0. The van der Waals surface area contributed by atoms with Crippen LogP contribution < -0.4 is 5.43 Å². The smallest absolute Gasteiger partial charge is 0.269 e. The number of hydrogen-bond donors (Lipinski definition) is 1. The van der Waals surface area contributed by atoms with E-state index in [1.54, 1.807) is 0 Å². The van der Waals surface area contributed by atoms with Gasteiger partial charge in [0, 0.05) is 17.7 Å². The Morgan fingerprint density at radius 3 is 2.08 bits per heavy atom. The molecule has 0 aliphatic heterocycles. The molecule has 7 nitrogen and oxygen atoms in total. The minimum atomic E-state index is -0.457. The third kappa shape index (κ3) is 4.57. The summed E-state index contributed by atoms with van der Waals surface area (Å²) in [5, 5.41) is 23.4. The molecule has 0 amide bonds. The highest BCUT2D eigenvalue weighted by molar-refractivity contribution is 5.99. The molecule has 26 heavy (non-hydrogen) atoms. The number of hydrogen-bond acceptors (Lipinski definition) is 5. The molecular weight excluding hydrogens is 330 g/mol. The van der Waals surface area contributed by atoms with Crippen LogP contribution in [0, 0.1) is 10.1 Å². The summed E-state index contributed by atoms with van der Waals surface area (Å²) in [5.41, 5.74) is 5.07. The monoisotopic (exact) mass is 345 g/mol. The van der Waals surface area contributed by atoms with E-state index < -0.39 is 4.92 Å². The molecule has 0 aliphatic rings. The Labute approximate surface area is 149 Å². The maximum absolute atomic E-state index is 10.7. The number of nitro groups is 1. The van der Waals surface area contributed by atoms with E-state index in [2.05, 4.69) is 20.8 Å². The maximum Gasteiger partial charge on any atom is 0.269 e. The van der Waals surface area contributed by atoms with Gasteiger partial charge in [-0.15, -0.1) is 10.2 Å². The Bertz CT molecular complexity index is 923. The summed E-state index contributed by atoms with van der Waals surface area (Å²) in [6.07, 6.45) is 0. The predicted molar refractivity (Wildman–Crippen MR) is 101 cm³/mol. The molecule has 0 aliphatic carbocycles. The fraction of sp³-hybridized carbons (Fsp3) is 0. The summed E-state index contributed by atoms with van der Waals surface area (Å²) >= 11 is 0. The number of nitro benzene ring substituents is 1. The Hall–Kier alpha value is -3.87. The SMILES string of the molecule is O=[N+]([O-])c1ccc(N=N/C(=N/Nc2ccccc2)c2ccccc2)cc1. The molecule has 0 unspecified atom stereocenters. The van der Waals surface area contributed by atoms with Gasteiger partial charge in [-0.25, -0.2) is 0 Å². The van der Waals surface area contributed by atoms with Gasteiger partial charge in [-0.3, -0.25) is 15.5 Å². The largest absolute Gasteiger partial charge is 0.276 e. The maximum atomic E-state index is 10.7. The van der Waals surface area contributed by atoms with Crippen LogP contribution in [-0.2, 0) is 0 Å². The number of anilines is 1. The van der Waals surface area contributed by atoms with Gasteiger partial charge in [0.15, 0.2) is 0 Å². The number of azo groups is 1. The van der Waals surface area contributed by atoms with Crippen LogP contribution in [0.2, 0.25) is 0 Å². The van der Waals surface area contributed by atoms with Crippen molar-refractivity contribution in [3.63, 3.8) is 0 Å². The number of hydrazone groups is 1. The molecule has 0 aromatic heterocycles. The van der Waals surface area contributed by atoms with Crippen LogP contribution in [0.15, 0.2) is 100 Å². The van der Waals surface area contributed by atoms with Crippen molar-refractivity contribution in [3.05, 3.63) is 101 Å². The third-order valence-electron chi connectivity index (χ3n) is 3.42. The molecule has 3 rings (SSSR count). The molecule has 0 radical (unpaired) electrons. The van der Waals surface area contributed by atoms with Gasteiger partial charge in [-0.2, -0.15) is 5.10 Å². The van der Waals surface area contributed by atoms with Crippen molar-refractivity contribution in [1.82, 2.24) is 0 Å². The molecule has 0 saturated carbocycles. The zero-order valence-electron chi connectivity index (χ0n) is 13.7. The van der Waals surface area contributed by atoms with Crippen LogP contribution in [-0.4, -0.2) is 10.8 Å². The van der Waals surface area contributed by atoms with E-state index in [1.165, 1.54) is 24.3 Å². The van der Waals surface area contributed by atoms with Gasteiger partial charge < -0.3 is 0 Å². The van der Waals surface area contributed by atoms with Crippen LogP contribution in [0.5, 0.6) is 0 Å². The van der Waals surface area contributed by atoms with E-state index in [9.17, 15) is 10.1 Å². The lowest BCUT2D eigenvalue weighted by atomic mass is 10.2. The highest BCUT2D eigenvalue weighted by Crippen LogP contribution is 2.19. The molecule has 128 valence electrons. The van der Waals surface area contributed by atoms with E-state index in [-0.39, 0.29) is 5.69 Å². The Balaban J connectivity index is 1.84. The molecule has 0 heterocycles. The first-order valence-corrected chi connectivity index (χ1v) is 7.83. The van der Waals surface area contributed by atoms with Crippen LogP contribution in [0.3, 0.4) is 0 Å². The highest BCUT2D eigenvalue weighted by Gasteiger charge is 2.05. The third-order valence-corrected chi connectivity index (χ3v) is 3.42. The standard InChI is InChI=1S/C19H15N5O2/c25-24(26)18-13-11-17(12-14-18)21-23-19(15-7-3-1-4-8-15)22-20-16-9-5-2-6-10-16/h1-14,20H/b22-19+,23-21?. The molecule has 3 aromatic rings. The summed E-state index contributed by atoms with van der Waals surface area (Å²) in [6, 6.07) is 24.8. The fourth-order valence-electron chi connectivity index (χ4n) is 2.11. The number of rotatable bonds is 5. The average molecular weight is 345 g/mol. The molecule has 3 aromatic carbocycles. The lowest BCUT2D eigenvalue weighted by Gasteiger charge is -2.03. The Morgan fingerprint density at radius 1 is 0.846 bits per heavy atom. The zero-order valence-corrected chi connectivity index (χ0v) is 13.7. The number of benzene rings is 3. The molecule has 0 atom stereocenters. The second kappa shape index (κ2) is 8.29. The summed E-state index contributed by atoms with van der Waals surface area (Å²) in [4.78, 5) is 10.3. The first-order chi connectivity index (χ1) is 12.7. The molecule has 0 spiro atoms. The van der Waals surface area contributed by atoms with Crippen molar-refractivity contribution in [2.75, 3.05) is 5.43 Å². The lowest BCUT2D eigenvalue weighted by Crippen LogP contribution is -2.00. The van der Waals surface area contributed by atoms with Crippen molar-refractivity contribution in [1.29, 1.82) is 0 Å². The van der Waals surface area contributed by atoms with Crippen molar-refractivity contribution in [2.24, 2.45) is 15.3 Å². The summed E-state index contributed by atoms with van der Waals surface area (Å²) in [5.74, 6) is 0.396. The van der Waals surface area contributed by atoms with Crippen molar-refractivity contribution in [2.45, 2.75) is 0 Å². The average Bonchev–Trinajstić information content (AvgIpc) is 2.70.